The van der Waals surface area contributed by atoms with Gasteiger partial charge in [0, 0.05) is 0 Å². The molecule has 0 spiro atoms. The summed E-state index contributed by atoms with van der Waals surface area (Å²) in [7, 11) is -3.97. The van der Waals surface area contributed by atoms with Gasteiger partial charge in [-0.05, 0) is 0 Å². The van der Waals surface area contributed by atoms with E-state index in [0.717, 1.165) is 0 Å². The summed E-state index contributed by atoms with van der Waals surface area (Å²) in [6, 6.07) is 0. The summed E-state index contributed by atoms with van der Waals surface area (Å²) in [6.45, 7) is 0. The molecular weight excluding hydrogens is 630 g/mol. The zero-order valence-electron chi connectivity index (χ0n) is 18.8. The van der Waals surface area contributed by atoms with Crippen LogP contribution >= 0.6 is 0 Å². The highest BCUT2D eigenvalue weighted by Gasteiger charge is 2.43. The largest absolute Gasteiger partial charge is 0.639 e. The number of hydrogen-bond acceptors (Lipinski definition) is 2. The third-order valence-electron chi connectivity index (χ3n) is 5.40. The predicted octanol–water partition coefficient (Wildman–Crippen LogP) is 7.06. The maximum absolute atomic E-state index is 14.7. The maximum Gasteiger partial charge on any atom is 0.639 e. The highest BCUT2D eigenvalue weighted by molar-refractivity contribution is 6.63. The van der Waals surface area contributed by atoms with Crippen LogP contribution in [-0.4, -0.2) is 7.12 Å². The number of hydrogen-bond donors (Lipinski definition) is 0. The number of halogens is 17. The van der Waals surface area contributed by atoms with Crippen molar-refractivity contribution in [3.63, 3.8) is 0 Å². The molecule has 0 saturated carbocycles. The average Bonchev–Trinajstić information content (AvgIpc) is 2.96. The molecule has 4 rings (SSSR count). The van der Waals surface area contributed by atoms with Crippen LogP contribution in [0.5, 0.6) is 11.5 Å². The van der Waals surface area contributed by atoms with Gasteiger partial charge < -0.3 is 9.31 Å². The van der Waals surface area contributed by atoms with E-state index in [1.165, 1.54) is 0 Å². The van der Waals surface area contributed by atoms with E-state index in [2.05, 4.69) is 9.31 Å². The molecule has 4 aromatic carbocycles. The van der Waals surface area contributed by atoms with Crippen molar-refractivity contribution in [3.05, 3.63) is 98.9 Å². The van der Waals surface area contributed by atoms with Crippen molar-refractivity contribution >= 4 is 23.4 Å². The molecule has 0 bridgehead atoms. The lowest BCUT2D eigenvalue weighted by molar-refractivity contribution is 0.328. The second kappa shape index (κ2) is 10.5. The molecule has 0 radical (unpaired) electrons. The molecule has 0 aliphatic rings. The lowest BCUT2D eigenvalue weighted by Gasteiger charge is -2.21. The van der Waals surface area contributed by atoms with Crippen LogP contribution in [0.1, 0.15) is 0 Å². The molecular formula is C22BF17O2. The highest BCUT2D eigenvalue weighted by Crippen LogP contribution is 2.40. The Kier molecular flexibility index (Phi) is 7.62. The molecule has 0 amide bonds. The van der Waals surface area contributed by atoms with Crippen LogP contribution in [0.3, 0.4) is 0 Å². The van der Waals surface area contributed by atoms with E-state index in [1.54, 1.807) is 0 Å². The minimum Gasteiger partial charge on any atom is -0.519 e. The summed E-state index contributed by atoms with van der Waals surface area (Å²) < 4.78 is 247. The molecule has 0 fully saturated rings. The zero-order valence-corrected chi connectivity index (χ0v) is 18.8. The molecule has 0 atom stereocenters. The van der Waals surface area contributed by atoms with Gasteiger partial charge in [-0.15, -0.1) is 0 Å². The molecule has 2 nitrogen and oxygen atoms in total. The van der Waals surface area contributed by atoms with Crippen molar-refractivity contribution in [2.24, 2.45) is 0 Å². The van der Waals surface area contributed by atoms with E-state index < -0.39 is 134 Å². The first-order valence-corrected chi connectivity index (χ1v) is 10.1. The van der Waals surface area contributed by atoms with Crippen molar-refractivity contribution in [1.29, 1.82) is 0 Å². The van der Waals surface area contributed by atoms with Crippen molar-refractivity contribution in [1.82, 2.24) is 0 Å². The Morgan fingerprint density at radius 3 is 0.952 bits per heavy atom. The first kappa shape index (κ1) is 30.6. The Morgan fingerprint density at radius 2 is 0.524 bits per heavy atom. The Balaban J connectivity index is 2.12. The molecule has 0 unspecified atom stereocenters. The zero-order chi connectivity index (χ0) is 31.7. The fourth-order valence-electron chi connectivity index (χ4n) is 3.45. The van der Waals surface area contributed by atoms with E-state index in [4.69, 9.17) is 0 Å². The van der Waals surface area contributed by atoms with E-state index in [9.17, 15) is 74.6 Å². The summed E-state index contributed by atoms with van der Waals surface area (Å²) >= 11 is 0. The lowest BCUT2D eigenvalue weighted by atomic mass is 9.77. The normalized spacial score (nSPS) is 11.5. The van der Waals surface area contributed by atoms with Gasteiger partial charge >= 0.3 is 7.12 Å². The quantitative estimate of drug-likeness (QED) is 0.102. The van der Waals surface area contributed by atoms with Crippen molar-refractivity contribution in [2.45, 2.75) is 0 Å². The number of fused-ring (bicyclic) bond motifs is 1. The standard InChI is InChI=1S/C22BF17O2/c24-4-1-2(6(26)10(30)9(4)29)21(18(38)11(31)5(1)25)41-23(3-7(27)12(32)14(34)13(33)8(3)28)42-22-19(39)16(36)15(35)17(37)20(22)40. The van der Waals surface area contributed by atoms with Gasteiger partial charge in [-0.2, -0.15) is 13.2 Å². The minimum absolute atomic E-state index is 2.34. The molecule has 222 valence electrons. The Labute approximate surface area is 218 Å². The highest BCUT2D eigenvalue weighted by atomic mass is 19.2. The summed E-state index contributed by atoms with van der Waals surface area (Å²) in [5, 5.41) is -4.68. The molecule has 0 saturated heterocycles. The fourth-order valence-corrected chi connectivity index (χ4v) is 3.45. The van der Waals surface area contributed by atoms with Gasteiger partial charge in [-0.25, -0.2) is 61.5 Å². The van der Waals surface area contributed by atoms with Gasteiger partial charge in [-0.1, -0.05) is 0 Å². The van der Waals surface area contributed by atoms with E-state index >= 15 is 0 Å². The number of benzene rings is 4. The van der Waals surface area contributed by atoms with E-state index in [0.29, 0.717) is 0 Å². The van der Waals surface area contributed by atoms with Crippen molar-refractivity contribution < 1.29 is 83.9 Å². The molecule has 0 aromatic heterocycles. The van der Waals surface area contributed by atoms with E-state index in [-0.39, 0.29) is 0 Å². The topological polar surface area (TPSA) is 18.5 Å². The van der Waals surface area contributed by atoms with Crippen LogP contribution < -0.4 is 14.8 Å². The fraction of sp³-hybridized carbons (Fsp3) is 0. The number of rotatable bonds is 5. The van der Waals surface area contributed by atoms with Gasteiger partial charge in [-0.3, -0.25) is 0 Å². The maximum atomic E-state index is 14.7. The Bertz CT molecular complexity index is 1760. The van der Waals surface area contributed by atoms with Crippen molar-refractivity contribution in [2.75, 3.05) is 0 Å². The third-order valence-corrected chi connectivity index (χ3v) is 5.40. The van der Waals surface area contributed by atoms with Crippen LogP contribution in [0.15, 0.2) is 0 Å². The molecule has 4 aromatic rings. The summed E-state index contributed by atoms with van der Waals surface area (Å²) in [4.78, 5) is 0. The average molecular weight is 630 g/mol. The van der Waals surface area contributed by atoms with Gasteiger partial charge in [0.25, 0.3) is 0 Å². The summed E-state index contributed by atoms with van der Waals surface area (Å²) in [6.07, 6.45) is 0. The second-order valence-corrected chi connectivity index (χ2v) is 7.73. The van der Waals surface area contributed by atoms with Gasteiger partial charge in [0.1, 0.15) is 0 Å². The second-order valence-electron chi connectivity index (χ2n) is 7.73. The molecule has 20 heteroatoms. The summed E-state index contributed by atoms with van der Waals surface area (Å²) in [5.74, 6) is -55.1. The SMILES string of the molecule is Fc1c(F)c(F)c(OB(Oc2c(F)c(F)c(F)c3c(F)c(F)c(F)c(F)c23)c2c(F)c(F)c(F)c(F)c2F)c(F)c1F. The smallest absolute Gasteiger partial charge is 0.519 e. The Hall–Kier alpha value is -4.39. The van der Waals surface area contributed by atoms with Crippen LogP contribution in [0, 0.1) is 98.9 Å². The summed E-state index contributed by atoms with van der Waals surface area (Å²) in [5.41, 5.74) is -2.63. The third kappa shape index (κ3) is 4.30. The molecule has 0 N–H and O–H groups in total. The first-order valence-electron chi connectivity index (χ1n) is 10.1. The van der Waals surface area contributed by atoms with Gasteiger partial charge in [0.05, 0.1) is 16.2 Å². The first-order chi connectivity index (χ1) is 19.4. The van der Waals surface area contributed by atoms with Crippen LogP contribution in [0.25, 0.3) is 10.8 Å². The Morgan fingerprint density at radius 1 is 0.262 bits per heavy atom. The molecule has 0 heterocycles. The monoisotopic (exact) mass is 630 g/mol. The predicted molar refractivity (Wildman–Crippen MR) is 103 cm³/mol. The van der Waals surface area contributed by atoms with Gasteiger partial charge in [0.15, 0.2) is 75.5 Å². The van der Waals surface area contributed by atoms with Gasteiger partial charge in [0.2, 0.25) is 34.9 Å². The van der Waals surface area contributed by atoms with E-state index in [1.807, 2.05) is 0 Å². The van der Waals surface area contributed by atoms with Crippen molar-refractivity contribution in [3.8, 4) is 11.5 Å². The lowest BCUT2D eigenvalue weighted by Crippen LogP contribution is -2.48. The van der Waals surface area contributed by atoms with Crippen LogP contribution in [-0.2, 0) is 0 Å². The van der Waals surface area contributed by atoms with Crippen LogP contribution in [0.4, 0.5) is 74.6 Å². The minimum atomic E-state index is -3.97. The molecule has 0 aliphatic carbocycles. The van der Waals surface area contributed by atoms with Crippen LogP contribution in [0.2, 0.25) is 0 Å². The molecule has 0 aliphatic heterocycles. The molecule has 42 heavy (non-hydrogen) atoms.